The first-order chi connectivity index (χ1) is 10.1. The molecule has 0 aromatic carbocycles. The Labute approximate surface area is 122 Å². The fourth-order valence-corrected chi connectivity index (χ4v) is 2.27. The summed E-state index contributed by atoms with van der Waals surface area (Å²) in [6, 6.07) is 1.43. The molecule has 0 radical (unpaired) electrons. The van der Waals surface area contributed by atoms with Crippen molar-refractivity contribution in [3.8, 4) is 0 Å². The lowest BCUT2D eigenvalue weighted by atomic mass is 10.3. The molecule has 1 aliphatic heterocycles. The van der Waals surface area contributed by atoms with E-state index in [4.69, 9.17) is 4.74 Å². The third-order valence-electron chi connectivity index (χ3n) is 3.50. The van der Waals surface area contributed by atoms with Crippen molar-refractivity contribution >= 4 is 11.6 Å². The number of carbonyl (C=O) groups excluding carboxylic acids is 1. The number of aromatic nitrogens is 1. The molecule has 21 heavy (non-hydrogen) atoms. The van der Waals surface area contributed by atoms with E-state index in [1.54, 1.807) is 11.6 Å². The Bertz CT molecular complexity index is 508. The summed E-state index contributed by atoms with van der Waals surface area (Å²) in [7, 11) is 1.70. The van der Waals surface area contributed by atoms with Crippen molar-refractivity contribution in [3.05, 3.63) is 28.1 Å². The molecule has 1 amide bonds. The van der Waals surface area contributed by atoms with Gasteiger partial charge in [0.05, 0.1) is 30.8 Å². The number of carbonyl (C=O) groups is 1. The highest BCUT2D eigenvalue weighted by molar-refractivity contribution is 5.78. The molecule has 0 bridgehead atoms. The summed E-state index contributed by atoms with van der Waals surface area (Å²) in [5, 5.41) is 13.5. The molecule has 1 saturated heterocycles. The second-order valence-corrected chi connectivity index (χ2v) is 5.04. The lowest BCUT2D eigenvalue weighted by molar-refractivity contribution is -0.384. The van der Waals surface area contributed by atoms with Gasteiger partial charge >= 0.3 is 0 Å². The molecule has 0 saturated carbocycles. The molecule has 1 aliphatic rings. The van der Waals surface area contributed by atoms with Crippen LogP contribution in [0.3, 0.4) is 0 Å². The molecule has 8 nitrogen and oxygen atoms in total. The monoisotopic (exact) mass is 296 g/mol. The second kappa shape index (κ2) is 7.19. The van der Waals surface area contributed by atoms with E-state index in [1.165, 1.54) is 12.3 Å². The molecular formula is C13H20N4O4. The number of aryl methyl sites for hydroxylation is 1. The van der Waals surface area contributed by atoms with E-state index in [1.807, 2.05) is 0 Å². The SMILES string of the molecule is Cn1cc([N+](=O)[O-])cc1CC(=O)NCCN1CCOCC1. The summed E-state index contributed by atoms with van der Waals surface area (Å²) >= 11 is 0. The fraction of sp³-hybridized carbons (Fsp3) is 0.615. The molecule has 0 aliphatic carbocycles. The summed E-state index contributed by atoms with van der Waals surface area (Å²) in [6.07, 6.45) is 1.56. The molecular weight excluding hydrogens is 276 g/mol. The minimum Gasteiger partial charge on any atom is -0.379 e. The Hall–Kier alpha value is -1.93. The third-order valence-corrected chi connectivity index (χ3v) is 3.50. The zero-order valence-electron chi connectivity index (χ0n) is 12.1. The lowest BCUT2D eigenvalue weighted by Crippen LogP contribution is -2.41. The summed E-state index contributed by atoms with van der Waals surface area (Å²) in [6.45, 7) is 4.62. The topological polar surface area (TPSA) is 89.6 Å². The van der Waals surface area contributed by atoms with Crippen molar-refractivity contribution in [2.45, 2.75) is 6.42 Å². The number of nitrogens with zero attached hydrogens (tertiary/aromatic N) is 3. The summed E-state index contributed by atoms with van der Waals surface area (Å²) in [5.74, 6) is -0.126. The molecule has 2 rings (SSSR count). The van der Waals surface area contributed by atoms with Crippen LogP contribution in [0.2, 0.25) is 0 Å². The molecule has 8 heteroatoms. The van der Waals surface area contributed by atoms with E-state index in [2.05, 4.69) is 10.2 Å². The van der Waals surface area contributed by atoms with Gasteiger partial charge in [-0.25, -0.2) is 0 Å². The van der Waals surface area contributed by atoms with Gasteiger partial charge in [-0.15, -0.1) is 0 Å². The van der Waals surface area contributed by atoms with Gasteiger partial charge in [-0.2, -0.15) is 0 Å². The van der Waals surface area contributed by atoms with Gasteiger partial charge in [0.1, 0.15) is 0 Å². The van der Waals surface area contributed by atoms with E-state index >= 15 is 0 Å². The van der Waals surface area contributed by atoms with Gasteiger partial charge in [0.25, 0.3) is 5.69 Å². The largest absolute Gasteiger partial charge is 0.379 e. The van der Waals surface area contributed by atoms with Gasteiger partial charge in [-0.1, -0.05) is 0 Å². The summed E-state index contributed by atoms with van der Waals surface area (Å²) < 4.78 is 6.86. The predicted molar refractivity (Wildman–Crippen MR) is 76.0 cm³/mol. The molecule has 1 aromatic heterocycles. The van der Waals surface area contributed by atoms with E-state index < -0.39 is 4.92 Å². The Kier molecular flexibility index (Phi) is 5.29. The normalized spacial score (nSPS) is 15.9. The van der Waals surface area contributed by atoms with Crippen molar-refractivity contribution in [2.75, 3.05) is 39.4 Å². The van der Waals surface area contributed by atoms with Crippen LogP contribution in [0.1, 0.15) is 5.69 Å². The van der Waals surface area contributed by atoms with Crippen LogP contribution in [-0.4, -0.2) is 59.7 Å². The highest BCUT2D eigenvalue weighted by Gasteiger charge is 2.15. The molecule has 0 spiro atoms. The highest BCUT2D eigenvalue weighted by atomic mass is 16.6. The third kappa shape index (κ3) is 4.54. The Morgan fingerprint density at radius 1 is 1.48 bits per heavy atom. The van der Waals surface area contributed by atoms with E-state index in [-0.39, 0.29) is 18.0 Å². The maximum atomic E-state index is 11.8. The molecule has 0 unspecified atom stereocenters. The Morgan fingerprint density at radius 2 is 2.19 bits per heavy atom. The zero-order valence-corrected chi connectivity index (χ0v) is 12.1. The van der Waals surface area contributed by atoms with Crippen LogP contribution in [0.25, 0.3) is 0 Å². The van der Waals surface area contributed by atoms with E-state index in [9.17, 15) is 14.9 Å². The first-order valence-electron chi connectivity index (χ1n) is 6.92. The van der Waals surface area contributed by atoms with Gasteiger partial charge < -0.3 is 14.6 Å². The van der Waals surface area contributed by atoms with Crippen molar-refractivity contribution in [2.24, 2.45) is 7.05 Å². The lowest BCUT2D eigenvalue weighted by Gasteiger charge is -2.26. The first kappa shape index (κ1) is 15.5. The van der Waals surface area contributed by atoms with Gasteiger partial charge in [0, 0.05) is 45.0 Å². The van der Waals surface area contributed by atoms with Crippen LogP contribution in [0, 0.1) is 10.1 Å². The van der Waals surface area contributed by atoms with Crippen molar-refractivity contribution in [3.63, 3.8) is 0 Å². The minimum absolute atomic E-state index is 0.00798. The first-order valence-corrected chi connectivity index (χ1v) is 6.92. The van der Waals surface area contributed by atoms with Gasteiger partial charge in [0.15, 0.2) is 0 Å². The zero-order chi connectivity index (χ0) is 15.2. The van der Waals surface area contributed by atoms with Crippen molar-refractivity contribution in [1.29, 1.82) is 0 Å². The average Bonchev–Trinajstić information content (AvgIpc) is 2.81. The molecule has 1 aromatic rings. The van der Waals surface area contributed by atoms with E-state index in [0.29, 0.717) is 12.2 Å². The van der Waals surface area contributed by atoms with Crippen LogP contribution in [0.4, 0.5) is 5.69 Å². The van der Waals surface area contributed by atoms with Crippen molar-refractivity contribution in [1.82, 2.24) is 14.8 Å². The predicted octanol–water partition coefficient (Wildman–Crippen LogP) is -0.0758. The number of nitrogens with one attached hydrogen (secondary N) is 1. The maximum Gasteiger partial charge on any atom is 0.287 e. The van der Waals surface area contributed by atoms with Gasteiger partial charge in [-0.05, 0) is 0 Å². The number of hydrogen-bond acceptors (Lipinski definition) is 5. The molecule has 0 atom stereocenters. The molecule has 1 fully saturated rings. The summed E-state index contributed by atoms with van der Waals surface area (Å²) in [4.78, 5) is 24.3. The molecule has 2 heterocycles. The summed E-state index contributed by atoms with van der Waals surface area (Å²) in [5.41, 5.74) is 0.638. The number of morpholine rings is 1. The fourth-order valence-electron chi connectivity index (χ4n) is 2.27. The number of hydrogen-bond donors (Lipinski definition) is 1. The number of amides is 1. The number of rotatable bonds is 6. The van der Waals surface area contributed by atoms with Crippen LogP contribution in [0.15, 0.2) is 12.3 Å². The number of ether oxygens (including phenoxy) is 1. The minimum atomic E-state index is -0.459. The quantitative estimate of drug-likeness (QED) is 0.586. The average molecular weight is 296 g/mol. The van der Waals surface area contributed by atoms with Gasteiger partial charge in [-0.3, -0.25) is 19.8 Å². The highest BCUT2D eigenvalue weighted by Crippen LogP contribution is 2.15. The Morgan fingerprint density at radius 3 is 2.81 bits per heavy atom. The van der Waals surface area contributed by atoms with E-state index in [0.717, 1.165) is 32.8 Å². The van der Waals surface area contributed by atoms with Crippen LogP contribution < -0.4 is 5.32 Å². The smallest absolute Gasteiger partial charge is 0.287 e. The Balaban J connectivity index is 1.75. The van der Waals surface area contributed by atoms with Gasteiger partial charge in [0.2, 0.25) is 5.91 Å². The molecule has 1 N–H and O–H groups in total. The maximum absolute atomic E-state index is 11.8. The van der Waals surface area contributed by atoms with Crippen molar-refractivity contribution < 1.29 is 14.5 Å². The number of nitro groups is 1. The van der Waals surface area contributed by atoms with Crippen LogP contribution >= 0.6 is 0 Å². The standard InChI is InChI=1S/C13H20N4O4/c1-15-10-12(17(19)20)8-11(15)9-13(18)14-2-3-16-4-6-21-7-5-16/h8,10H,2-7,9H2,1H3,(H,14,18). The van der Waals surface area contributed by atoms with Crippen LogP contribution in [0.5, 0.6) is 0 Å². The molecule has 116 valence electrons. The van der Waals surface area contributed by atoms with Crippen LogP contribution in [-0.2, 0) is 23.0 Å². The second-order valence-electron chi connectivity index (χ2n) is 5.04.